The zero-order valence-electron chi connectivity index (χ0n) is 10.8. The van der Waals surface area contributed by atoms with Gasteiger partial charge in [-0.2, -0.15) is 0 Å². The van der Waals surface area contributed by atoms with E-state index in [2.05, 4.69) is 21.9 Å². The van der Waals surface area contributed by atoms with Crippen LogP contribution >= 0.6 is 11.3 Å². The number of carbonyl (C=O) groups excluding carboxylic acids is 1. The van der Waals surface area contributed by atoms with Crippen LogP contribution in [0.15, 0.2) is 18.0 Å². The summed E-state index contributed by atoms with van der Waals surface area (Å²) in [6, 6.07) is 0. The molecule has 0 atom stereocenters. The van der Waals surface area contributed by atoms with E-state index in [1.807, 2.05) is 12.3 Å². The molecule has 0 aliphatic carbocycles. The van der Waals surface area contributed by atoms with E-state index in [-0.39, 0.29) is 12.3 Å². The predicted molar refractivity (Wildman–Crippen MR) is 71.2 cm³/mol. The summed E-state index contributed by atoms with van der Waals surface area (Å²) >= 11 is 1.56. The van der Waals surface area contributed by atoms with Crippen LogP contribution in [-0.4, -0.2) is 32.6 Å². The van der Waals surface area contributed by atoms with Gasteiger partial charge in [-0.1, -0.05) is 17.9 Å². The highest BCUT2D eigenvalue weighted by Gasteiger charge is 2.18. The van der Waals surface area contributed by atoms with Crippen LogP contribution in [0.4, 0.5) is 0 Å². The molecule has 0 spiro atoms. The molecule has 0 amide bonds. The van der Waals surface area contributed by atoms with Gasteiger partial charge in [0, 0.05) is 11.1 Å². The quantitative estimate of drug-likeness (QED) is 0.615. The Morgan fingerprint density at radius 1 is 1.58 bits per heavy atom. The average Bonchev–Trinajstić information content (AvgIpc) is 2.95. The molecule has 2 heterocycles. The molecule has 2 aromatic rings. The minimum absolute atomic E-state index is 0.164. The van der Waals surface area contributed by atoms with E-state index in [1.165, 1.54) is 6.08 Å². The first-order valence-corrected chi connectivity index (χ1v) is 6.59. The van der Waals surface area contributed by atoms with Gasteiger partial charge in [-0.05, 0) is 13.8 Å². The lowest BCUT2D eigenvalue weighted by Gasteiger charge is -2.01. The Morgan fingerprint density at radius 2 is 2.37 bits per heavy atom. The maximum Gasteiger partial charge on any atom is 0.361 e. The summed E-state index contributed by atoms with van der Waals surface area (Å²) in [6.07, 6.45) is 1.51. The van der Waals surface area contributed by atoms with E-state index in [0.29, 0.717) is 12.2 Å². The van der Waals surface area contributed by atoms with Crippen LogP contribution in [-0.2, 0) is 11.3 Å². The van der Waals surface area contributed by atoms with Crippen molar-refractivity contribution in [3.05, 3.63) is 40.1 Å². The van der Waals surface area contributed by atoms with E-state index in [0.717, 1.165) is 10.7 Å². The van der Waals surface area contributed by atoms with E-state index in [9.17, 15) is 4.79 Å². The van der Waals surface area contributed by atoms with Gasteiger partial charge in [0.25, 0.3) is 0 Å². The Labute approximate surface area is 114 Å². The van der Waals surface area contributed by atoms with E-state index < -0.39 is 5.97 Å². The lowest BCUT2D eigenvalue weighted by atomic mass is 10.3. The molecule has 0 bridgehead atoms. The third kappa shape index (κ3) is 3.05. The number of rotatable bonds is 5. The zero-order valence-corrected chi connectivity index (χ0v) is 11.6. The van der Waals surface area contributed by atoms with Crippen molar-refractivity contribution in [1.29, 1.82) is 0 Å². The highest BCUT2D eigenvalue weighted by molar-refractivity contribution is 7.09. The summed E-state index contributed by atoms with van der Waals surface area (Å²) in [7, 11) is 0. The lowest BCUT2D eigenvalue weighted by Crippen LogP contribution is -2.09. The summed E-state index contributed by atoms with van der Waals surface area (Å²) in [5.74, 6) is -0.487. The van der Waals surface area contributed by atoms with Crippen LogP contribution in [0.1, 0.15) is 26.9 Å². The van der Waals surface area contributed by atoms with Crippen molar-refractivity contribution in [1.82, 2.24) is 20.0 Å². The molecule has 19 heavy (non-hydrogen) atoms. The summed E-state index contributed by atoms with van der Waals surface area (Å²) in [5.41, 5.74) is 1.88. The Morgan fingerprint density at radius 3 is 3.00 bits per heavy atom. The van der Waals surface area contributed by atoms with E-state index in [1.54, 1.807) is 22.9 Å². The molecule has 7 heteroatoms. The standard InChI is InChI=1S/C12H14N4O2S/c1-4-5-18-12(17)11-9(3)16(15-14-11)6-10-13-8(2)7-19-10/h4,7H,1,5-6H2,2-3H3. The second-order valence-electron chi connectivity index (χ2n) is 3.95. The molecular weight excluding hydrogens is 264 g/mol. The molecule has 0 unspecified atom stereocenters. The maximum absolute atomic E-state index is 11.7. The molecule has 0 aliphatic rings. The van der Waals surface area contributed by atoms with Gasteiger partial charge in [-0.15, -0.1) is 16.4 Å². The number of aromatic nitrogens is 4. The minimum atomic E-state index is -0.487. The summed E-state index contributed by atoms with van der Waals surface area (Å²) < 4.78 is 6.58. The number of hydrogen-bond donors (Lipinski definition) is 0. The van der Waals surface area contributed by atoms with Gasteiger partial charge in [0.15, 0.2) is 5.69 Å². The van der Waals surface area contributed by atoms with Gasteiger partial charge in [0.2, 0.25) is 0 Å². The van der Waals surface area contributed by atoms with E-state index >= 15 is 0 Å². The highest BCUT2D eigenvalue weighted by Crippen LogP contribution is 2.12. The zero-order chi connectivity index (χ0) is 13.8. The largest absolute Gasteiger partial charge is 0.457 e. The maximum atomic E-state index is 11.7. The van der Waals surface area contributed by atoms with Crippen molar-refractivity contribution in [3.8, 4) is 0 Å². The summed E-state index contributed by atoms with van der Waals surface area (Å²) in [4.78, 5) is 16.0. The highest BCUT2D eigenvalue weighted by atomic mass is 32.1. The molecule has 100 valence electrons. The molecule has 0 saturated heterocycles. The van der Waals surface area contributed by atoms with Crippen molar-refractivity contribution in [3.63, 3.8) is 0 Å². The van der Waals surface area contributed by atoms with Crippen LogP contribution in [0.25, 0.3) is 0 Å². The fourth-order valence-electron chi connectivity index (χ4n) is 1.51. The van der Waals surface area contributed by atoms with Gasteiger partial charge in [-0.3, -0.25) is 0 Å². The Kier molecular flexibility index (Phi) is 4.06. The van der Waals surface area contributed by atoms with Gasteiger partial charge in [0.1, 0.15) is 11.6 Å². The first-order chi connectivity index (χ1) is 9.11. The fraction of sp³-hybridized carbons (Fsp3) is 0.333. The van der Waals surface area contributed by atoms with Crippen molar-refractivity contribution >= 4 is 17.3 Å². The smallest absolute Gasteiger partial charge is 0.361 e. The average molecular weight is 278 g/mol. The number of hydrogen-bond acceptors (Lipinski definition) is 6. The Bertz CT molecular complexity index is 603. The second kappa shape index (κ2) is 5.75. The molecule has 0 N–H and O–H groups in total. The lowest BCUT2D eigenvalue weighted by molar-refractivity contribution is 0.0542. The van der Waals surface area contributed by atoms with Crippen LogP contribution < -0.4 is 0 Å². The number of aryl methyl sites for hydroxylation is 1. The molecule has 0 aromatic carbocycles. The van der Waals surface area contributed by atoms with Gasteiger partial charge >= 0.3 is 5.97 Å². The van der Waals surface area contributed by atoms with Crippen molar-refractivity contribution in [2.45, 2.75) is 20.4 Å². The van der Waals surface area contributed by atoms with E-state index in [4.69, 9.17) is 4.74 Å². The monoisotopic (exact) mass is 278 g/mol. The molecular formula is C12H14N4O2S. The predicted octanol–water partition coefficient (Wildman–Crippen LogP) is 1.74. The molecule has 0 aliphatic heterocycles. The van der Waals surface area contributed by atoms with Crippen LogP contribution in [0.2, 0.25) is 0 Å². The number of esters is 1. The van der Waals surface area contributed by atoms with Crippen LogP contribution in [0, 0.1) is 13.8 Å². The van der Waals surface area contributed by atoms with Crippen LogP contribution in [0.5, 0.6) is 0 Å². The first-order valence-electron chi connectivity index (χ1n) is 5.71. The van der Waals surface area contributed by atoms with Gasteiger partial charge < -0.3 is 4.74 Å². The normalized spacial score (nSPS) is 10.4. The fourth-order valence-corrected chi connectivity index (χ4v) is 2.26. The Hall–Kier alpha value is -2.02. The molecule has 2 aromatic heterocycles. The number of carbonyl (C=O) groups is 1. The summed E-state index contributed by atoms with van der Waals surface area (Å²) in [5, 5.41) is 10.7. The molecule has 0 fully saturated rings. The van der Waals surface area contributed by atoms with Gasteiger partial charge in [-0.25, -0.2) is 14.5 Å². The van der Waals surface area contributed by atoms with Crippen molar-refractivity contribution in [2.24, 2.45) is 0 Å². The van der Waals surface area contributed by atoms with Gasteiger partial charge in [0.05, 0.1) is 12.2 Å². The topological polar surface area (TPSA) is 69.9 Å². The molecule has 6 nitrogen and oxygen atoms in total. The van der Waals surface area contributed by atoms with Crippen molar-refractivity contribution < 1.29 is 9.53 Å². The SMILES string of the molecule is C=CCOC(=O)c1nnn(Cc2nc(C)cs2)c1C. The van der Waals surface area contributed by atoms with Crippen LogP contribution in [0.3, 0.4) is 0 Å². The third-order valence-corrected chi connectivity index (χ3v) is 3.41. The number of nitrogens with zero attached hydrogens (tertiary/aromatic N) is 4. The minimum Gasteiger partial charge on any atom is -0.457 e. The number of ether oxygens (including phenoxy) is 1. The Balaban J connectivity index is 2.13. The second-order valence-corrected chi connectivity index (χ2v) is 4.89. The third-order valence-electron chi connectivity index (χ3n) is 2.46. The molecule has 2 rings (SSSR count). The first kappa shape index (κ1) is 13.4. The van der Waals surface area contributed by atoms with Crippen molar-refractivity contribution in [2.75, 3.05) is 6.61 Å². The summed E-state index contributed by atoms with van der Waals surface area (Å²) in [6.45, 7) is 7.88. The number of thiazole rings is 1. The molecule has 0 radical (unpaired) electrons. The molecule has 0 saturated carbocycles.